The lowest BCUT2D eigenvalue weighted by molar-refractivity contribution is -0.131. The number of hydrogen-bond acceptors (Lipinski definition) is 2. The fourth-order valence-electron chi connectivity index (χ4n) is 4.04. The van der Waals surface area contributed by atoms with Crippen molar-refractivity contribution in [3.8, 4) is 0 Å². The summed E-state index contributed by atoms with van der Waals surface area (Å²) >= 11 is 0. The molecule has 0 bridgehead atoms. The number of carbonyl (C=O) groups excluding carboxylic acids is 2. The summed E-state index contributed by atoms with van der Waals surface area (Å²) in [4.78, 5) is 23.8. The highest BCUT2D eigenvalue weighted by Crippen LogP contribution is 2.30. The third kappa shape index (κ3) is 11.5. The van der Waals surface area contributed by atoms with Gasteiger partial charge >= 0.3 is 0 Å². The predicted molar refractivity (Wildman–Crippen MR) is 115 cm³/mol. The van der Waals surface area contributed by atoms with Crippen LogP contribution < -0.4 is 5.32 Å². The van der Waals surface area contributed by atoms with E-state index in [-0.39, 0.29) is 23.8 Å². The van der Waals surface area contributed by atoms with E-state index >= 15 is 0 Å². The Morgan fingerprint density at radius 2 is 1.22 bits per heavy atom. The number of unbranched alkanes of at least 4 members (excludes halogenated alkanes) is 12. The summed E-state index contributed by atoms with van der Waals surface area (Å²) in [5.74, 6) is 0.847. The lowest BCUT2D eigenvalue weighted by Crippen LogP contribution is -2.47. The number of ketones is 1. The molecule has 1 aliphatic carbocycles. The maximum absolute atomic E-state index is 12.0. The highest BCUT2D eigenvalue weighted by Gasteiger charge is 2.35. The van der Waals surface area contributed by atoms with Crippen LogP contribution >= 0.6 is 0 Å². The Hall–Kier alpha value is -0.860. The number of carbonyl (C=O) groups is 2. The summed E-state index contributed by atoms with van der Waals surface area (Å²) in [7, 11) is 0. The van der Waals surface area contributed by atoms with E-state index in [9.17, 15) is 9.59 Å². The van der Waals surface area contributed by atoms with Crippen molar-refractivity contribution in [2.24, 2.45) is 11.8 Å². The van der Waals surface area contributed by atoms with E-state index in [1.54, 1.807) is 0 Å². The zero-order valence-corrected chi connectivity index (χ0v) is 18.4. The van der Waals surface area contributed by atoms with Crippen molar-refractivity contribution < 1.29 is 9.59 Å². The van der Waals surface area contributed by atoms with Crippen molar-refractivity contribution in [1.29, 1.82) is 0 Å². The van der Waals surface area contributed by atoms with Gasteiger partial charge in [-0.2, -0.15) is 0 Å². The smallest absolute Gasteiger partial charge is 0.220 e. The van der Waals surface area contributed by atoms with Crippen LogP contribution in [0, 0.1) is 11.8 Å². The van der Waals surface area contributed by atoms with Gasteiger partial charge in [-0.3, -0.25) is 9.59 Å². The minimum Gasteiger partial charge on any atom is -0.353 e. The Balaban J connectivity index is 1.82. The van der Waals surface area contributed by atoms with E-state index in [2.05, 4.69) is 12.2 Å². The van der Waals surface area contributed by atoms with Gasteiger partial charge in [0, 0.05) is 24.3 Å². The summed E-state index contributed by atoms with van der Waals surface area (Å²) in [6.07, 6.45) is 19.6. The Morgan fingerprint density at radius 1 is 0.778 bits per heavy atom. The maximum Gasteiger partial charge on any atom is 0.220 e. The van der Waals surface area contributed by atoms with Crippen LogP contribution in [0.5, 0.6) is 0 Å². The number of Topliss-reactive ketones (excluding diaryl/α,β-unsaturated/α-hetero) is 1. The second-order valence-corrected chi connectivity index (χ2v) is 8.98. The zero-order chi connectivity index (χ0) is 19.9. The normalized spacial score (nSPS) is 19.1. The molecule has 1 fully saturated rings. The molecular weight excluding hydrogens is 334 g/mol. The van der Waals surface area contributed by atoms with E-state index < -0.39 is 0 Å². The molecule has 0 unspecified atom stereocenters. The average Bonchev–Trinajstić information content (AvgIpc) is 2.61. The molecule has 1 rings (SSSR count). The molecule has 0 aliphatic heterocycles. The van der Waals surface area contributed by atoms with Crippen LogP contribution in [0.3, 0.4) is 0 Å². The molecule has 158 valence electrons. The van der Waals surface area contributed by atoms with E-state index in [1.807, 2.05) is 13.8 Å². The Labute approximate surface area is 168 Å². The van der Waals surface area contributed by atoms with Crippen LogP contribution in [0.2, 0.25) is 0 Å². The Morgan fingerprint density at radius 3 is 1.67 bits per heavy atom. The molecule has 1 aliphatic rings. The number of hydrogen-bond donors (Lipinski definition) is 1. The molecule has 0 aromatic carbocycles. The average molecular weight is 380 g/mol. The highest BCUT2D eigenvalue weighted by atomic mass is 16.1. The third-order valence-corrected chi connectivity index (χ3v) is 5.98. The number of nitrogens with one attached hydrogen (secondary N) is 1. The van der Waals surface area contributed by atoms with Crippen molar-refractivity contribution >= 4 is 11.7 Å². The molecule has 0 atom stereocenters. The van der Waals surface area contributed by atoms with E-state index in [0.29, 0.717) is 12.2 Å². The molecule has 3 heteroatoms. The Bertz CT molecular complexity index is 399. The van der Waals surface area contributed by atoms with Crippen LogP contribution in [0.25, 0.3) is 0 Å². The molecule has 1 amide bonds. The molecule has 0 saturated heterocycles. The molecule has 1 N–H and O–H groups in total. The molecule has 3 nitrogen and oxygen atoms in total. The van der Waals surface area contributed by atoms with Gasteiger partial charge < -0.3 is 5.32 Å². The summed E-state index contributed by atoms with van der Waals surface area (Å²) in [5, 5.41) is 3.09. The molecule has 1 saturated carbocycles. The van der Waals surface area contributed by atoms with Gasteiger partial charge in [-0.1, -0.05) is 97.8 Å². The van der Waals surface area contributed by atoms with Crippen LogP contribution in [0.4, 0.5) is 0 Å². The van der Waals surface area contributed by atoms with Gasteiger partial charge in [-0.25, -0.2) is 0 Å². The van der Waals surface area contributed by atoms with E-state index in [1.165, 1.54) is 77.0 Å². The van der Waals surface area contributed by atoms with Gasteiger partial charge in [-0.05, 0) is 19.3 Å². The first kappa shape index (κ1) is 24.2. The van der Waals surface area contributed by atoms with Crippen LogP contribution in [0.1, 0.15) is 124 Å². The molecule has 0 spiro atoms. The van der Waals surface area contributed by atoms with Gasteiger partial charge in [0.05, 0.1) is 0 Å². The van der Waals surface area contributed by atoms with Crippen LogP contribution in [-0.4, -0.2) is 17.7 Å². The molecule has 0 heterocycles. The summed E-state index contributed by atoms with van der Waals surface area (Å²) < 4.78 is 0. The minimum absolute atomic E-state index is 0.123. The van der Waals surface area contributed by atoms with Crippen molar-refractivity contribution in [2.75, 3.05) is 0 Å². The fourth-order valence-corrected chi connectivity index (χ4v) is 4.04. The van der Waals surface area contributed by atoms with Crippen molar-refractivity contribution in [1.82, 2.24) is 5.32 Å². The van der Waals surface area contributed by atoms with E-state index in [0.717, 1.165) is 19.3 Å². The van der Waals surface area contributed by atoms with Gasteiger partial charge in [-0.15, -0.1) is 0 Å². The lowest BCUT2D eigenvalue weighted by Gasteiger charge is -2.35. The van der Waals surface area contributed by atoms with Crippen molar-refractivity contribution in [3.63, 3.8) is 0 Å². The molecule has 0 aromatic rings. The lowest BCUT2D eigenvalue weighted by atomic mass is 9.75. The second-order valence-electron chi connectivity index (χ2n) is 8.98. The van der Waals surface area contributed by atoms with Crippen molar-refractivity contribution in [3.05, 3.63) is 0 Å². The molecule has 27 heavy (non-hydrogen) atoms. The first-order valence-corrected chi connectivity index (χ1v) is 11.9. The van der Waals surface area contributed by atoms with Gasteiger partial charge in [0.25, 0.3) is 0 Å². The van der Waals surface area contributed by atoms with Gasteiger partial charge in [0.1, 0.15) is 5.78 Å². The first-order valence-electron chi connectivity index (χ1n) is 11.9. The fraction of sp³-hybridized carbons (Fsp3) is 0.917. The zero-order valence-electron chi connectivity index (χ0n) is 18.4. The minimum atomic E-state index is 0.123. The SMILES string of the molecule is CCCCCCCCCCCCCCCC(=O)NC1CC(C(=O)C(C)C)C1. The topological polar surface area (TPSA) is 46.2 Å². The number of amides is 1. The maximum atomic E-state index is 12.0. The predicted octanol–water partition coefficient (Wildman–Crippen LogP) is 6.59. The van der Waals surface area contributed by atoms with Gasteiger partial charge in [0.15, 0.2) is 0 Å². The number of rotatable bonds is 17. The molecule has 0 aromatic heterocycles. The molecular formula is C24H45NO2. The van der Waals surface area contributed by atoms with Crippen molar-refractivity contribution in [2.45, 2.75) is 130 Å². The standard InChI is InChI=1S/C24H45NO2/c1-4-5-6-7-8-9-10-11-12-13-14-15-16-17-23(26)25-22-18-21(19-22)24(27)20(2)3/h20-22H,4-19H2,1-3H3,(H,25,26). The summed E-state index contributed by atoms with van der Waals surface area (Å²) in [6, 6.07) is 0.243. The summed E-state index contributed by atoms with van der Waals surface area (Å²) in [5.41, 5.74) is 0. The summed E-state index contributed by atoms with van der Waals surface area (Å²) in [6.45, 7) is 6.19. The monoisotopic (exact) mass is 379 g/mol. The largest absolute Gasteiger partial charge is 0.353 e. The first-order chi connectivity index (χ1) is 13.0. The molecule has 0 radical (unpaired) electrons. The highest BCUT2D eigenvalue weighted by molar-refractivity contribution is 5.84. The quantitative estimate of drug-likeness (QED) is 0.290. The Kier molecular flexibility index (Phi) is 13.5. The van der Waals surface area contributed by atoms with Crippen LogP contribution in [0.15, 0.2) is 0 Å². The second kappa shape index (κ2) is 15.1. The van der Waals surface area contributed by atoms with Crippen LogP contribution in [-0.2, 0) is 9.59 Å². The third-order valence-electron chi connectivity index (χ3n) is 5.98. The van der Waals surface area contributed by atoms with Gasteiger partial charge in [0.2, 0.25) is 5.91 Å². The van der Waals surface area contributed by atoms with E-state index in [4.69, 9.17) is 0 Å².